The van der Waals surface area contributed by atoms with Crippen molar-refractivity contribution in [1.29, 1.82) is 0 Å². The summed E-state index contributed by atoms with van der Waals surface area (Å²) in [5.74, 6) is 0.706. The van der Waals surface area contributed by atoms with Crippen molar-refractivity contribution in [2.45, 2.75) is 58.3 Å². The number of hydrogen-bond donors (Lipinski definition) is 1. The second-order valence-corrected chi connectivity index (χ2v) is 6.92. The van der Waals surface area contributed by atoms with Crippen LogP contribution in [0.4, 0.5) is 10.5 Å². The maximum Gasteiger partial charge on any atom is 0.411 e. The molecule has 1 saturated heterocycles. The first-order valence-electron chi connectivity index (χ1n) is 10.2. The summed E-state index contributed by atoms with van der Waals surface area (Å²) in [6.45, 7) is 6.69. The second-order valence-electron chi connectivity index (χ2n) is 6.92. The molecular formula is C21H34N2O3. The third kappa shape index (κ3) is 8.09. The quantitative estimate of drug-likeness (QED) is 0.527. The van der Waals surface area contributed by atoms with Crippen LogP contribution in [0.2, 0.25) is 0 Å². The summed E-state index contributed by atoms with van der Waals surface area (Å²) in [6.07, 6.45) is 9.04. The van der Waals surface area contributed by atoms with Crippen LogP contribution < -0.4 is 10.1 Å². The Balaban J connectivity index is 1.64. The number of para-hydroxylation sites is 2. The van der Waals surface area contributed by atoms with Gasteiger partial charge in [-0.05, 0) is 50.9 Å². The van der Waals surface area contributed by atoms with Gasteiger partial charge < -0.3 is 14.4 Å². The molecular weight excluding hydrogens is 328 g/mol. The van der Waals surface area contributed by atoms with Gasteiger partial charge in [0.25, 0.3) is 0 Å². The van der Waals surface area contributed by atoms with Crippen LogP contribution in [-0.2, 0) is 4.74 Å². The third-order valence-corrected chi connectivity index (χ3v) is 4.68. The summed E-state index contributed by atoms with van der Waals surface area (Å²) >= 11 is 0. The molecule has 1 aromatic rings. The Labute approximate surface area is 158 Å². The van der Waals surface area contributed by atoms with Crippen LogP contribution >= 0.6 is 0 Å². The Kier molecular flexibility index (Phi) is 9.95. The molecule has 1 heterocycles. The third-order valence-electron chi connectivity index (χ3n) is 4.68. The van der Waals surface area contributed by atoms with Crippen LogP contribution in [0.15, 0.2) is 24.3 Å². The van der Waals surface area contributed by atoms with Gasteiger partial charge in [0, 0.05) is 6.54 Å². The lowest BCUT2D eigenvalue weighted by Crippen LogP contribution is -2.23. The van der Waals surface area contributed by atoms with Crippen molar-refractivity contribution in [1.82, 2.24) is 4.90 Å². The molecule has 1 aromatic carbocycles. The van der Waals surface area contributed by atoms with Crippen LogP contribution in [0.25, 0.3) is 0 Å². The number of ether oxygens (including phenoxy) is 2. The number of hydrogen-bond acceptors (Lipinski definition) is 4. The van der Waals surface area contributed by atoms with Gasteiger partial charge in [-0.1, -0.05) is 44.7 Å². The average molecular weight is 363 g/mol. The minimum Gasteiger partial charge on any atom is -0.491 e. The maximum absolute atomic E-state index is 12.0. The molecule has 0 unspecified atom stereocenters. The van der Waals surface area contributed by atoms with Crippen molar-refractivity contribution in [3.8, 4) is 5.75 Å². The van der Waals surface area contributed by atoms with E-state index in [9.17, 15) is 4.79 Å². The van der Waals surface area contributed by atoms with Gasteiger partial charge in [0.2, 0.25) is 0 Å². The number of unbranched alkanes of at least 4 members (excludes halogenated alkanes) is 4. The molecule has 1 aliphatic rings. The molecule has 1 aliphatic heterocycles. The zero-order chi connectivity index (χ0) is 18.5. The van der Waals surface area contributed by atoms with E-state index < -0.39 is 6.09 Å². The number of likely N-dealkylation sites (tertiary alicyclic amines) is 1. The lowest BCUT2D eigenvalue weighted by molar-refractivity contribution is 0.154. The van der Waals surface area contributed by atoms with Crippen molar-refractivity contribution in [2.24, 2.45) is 0 Å². The van der Waals surface area contributed by atoms with Crippen LogP contribution in [0.1, 0.15) is 58.3 Å². The fraction of sp³-hybridized carbons (Fsp3) is 0.667. The van der Waals surface area contributed by atoms with Gasteiger partial charge in [-0.25, -0.2) is 4.79 Å². The Morgan fingerprint density at radius 1 is 1.04 bits per heavy atom. The van der Waals surface area contributed by atoms with Gasteiger partial charge in [-0.2, -0.15) is 0 Å². The molecule has 5 heteroatoms. The molecule has 5 nitrogen and oxygen atoms in total. The SMILES string of the molecule is CCCCCCCOc1ccccc1NC(=O)OCCCN1CCCC1. The topological polar surface area (TPSA) is 50.8 Å². The predicted octanol–water partition coefficient (Wildman–Crippen LogP) is 5.07. The first-order valence-corrected chi connectivity index (χ1v) is 10.2. The number of nitrogens with one attached hydrogen (secondary N) is 1. The minimum atomic E-state index is -0.412. The van der Waals surface area contributed by atoms with Crippen molar-refractivity contribution in [2.75, 3.05) is 38.2 Å². The van der Waals surface area contributed by atoms with E-state index in [0.717, 1.165) is 19.4 Å². The molecule has 0 aromatic heterocycles. The van der Waals surface area contributed by atoms with E-state index in [0.29, 0.717) is 24.7 Å². The molecule has 0 saturated carbocycles. The largest absolute Gasteiger partial charge is 0.491 e. The minimum absolute atomic E-state index is 0.412. The molecule has 1 fully saturated rings. The van der Waals surface area contributed by atoms with Crippen LogP contribution in [-0.4, -0.2) is 43.8 Å². The van der Waals surface area contributed by atoms with Gasteiger partial charge in [0.1, 0.15) is 5.75 Å². The monoisotopic (exact) mass is 362 g/mol. The van der Waals surface area contributed by atoms with Crippen molar-refractivity contribution in [3.63, 3.8) is 0 Å². The smallest absolute Gasteiger partial charge is 0.411 e. The number of amides is 1. The molecule has 1 N–H and O–H groups in total. The van der Waals surface area contributed by atoms with E-state index in [1.165, 1.54) is 51.6 Å². The number of rotatable bonds is 12. The fourth-order valence-electron chi connectivity index (χ4n) is 3.19. The Bertz CT molecular complexity index is 516. The lowest BCUT2D eigenvalue weighted by atomic mass is 10.2. The van der Waals surface area contributed by atoms with E-state index in [1.54, 1.807) is 0 Å². The maximum atomic E-state index is 12.0. The van der Waals surface area contributed by atoms with Gasteiger partial charge in [0.15, 0.2) is 0 Å². The Hall–Kier alpha value is -1.75. The fourth-order valence-corrected chi connectivity index (χ4v) is 3.19. The average Bonchev–Trinajstić information content (AvgIpc) is 3.16. The summed E-state index contributed by atoms with van der Waals surface area (Å²) in [4.78, 5) is 14.4. The highest BCUT2D eigenvalue weighted by Gasteiger charge is 2.12. The summed E-state index contributed by atoms with van der Waals surface area (Å²) in [7, 11) is 0. The first kappa shape index (κ1) is 20.6. The normalized spacial score (nSPS) is 14.3. The highest BCUT2D eigenvalue weighted by atomic mass is 16.5. The van der Waals surface area contributed by atoms with Crippen LogP contribution in [0, 0.1) is 0 Å². The van der Waals surface area contributed by atoms with Crippen LogP contribution in [0.3, 0.4) is 0 Å². The van der Waals surface area contributed by atoms with Crippen molar-refractivity contribution < 1.29 is 14.3 Å². The van der Waals surface area contributed by atoms with E-state index in [2.05, 4.69) is 17.1 Å². The molecule has 1 amide bonds. The molecule has 0 bridgehead atoms. The summed E-state index contributed by atoms with van der Waals surface area (Å²) in [6, 6.07) is 7.53. The summed E-state index contributed by atoms with van der Waals surface area (Å²) in [5, 5.41) is 2.80. The van der Waals surface area contributed by atoms with E-state index in [1.807, 2.05) is 24.3 Å². The van der Waals surface area contributed by atoms with Gasteiger partial charge in [-0.15, -0.1) is 0 Å². The van der Waals surface area contributed by atoms with Gasteiger partial charge >= 0.3 is 6.09 Å². The van der Waals surface area contributed by atoms with Crippen molar-refractivity contribution >= 4 is 11.8 Å². The van der Waals surface area contributed by atoms with E-state index >= 15 is 0 Å². The number of nitrogens with zero attached hydrogens (tertiary/aromatic N) is 1. The molecule has 0 spiro atoms. The molecule has 0 radical (unpaired) electrons. The van der Waals surface area contributed by atoms with E-state index in [4.69, 9.17) is 9.47 Å². The predicted molar refractivity (Wildman–Crippen MR) is 106 cm³/mol. The Morgan fingerprint density at radius 2 is 1.81 bits per heavy atom. The highest BCUT2D eigenvalue weighted by molar-refractivity contribution is 5.86. The molecule has 146 valence electrons. The van der Waals surface area contributed by atoms with E-state index in [-0.39, 0.29) is 0 Å². The molecule has 2 rings (SSSR count). The molecule has 0 aliphatic carbocycles. The standard InChI is InChI=1S/C21H34N2O3/c1-2-3-4-5-10-17-25-20-13-7-6-12-19(20)22-21(24)26-18-11-16-23-14-8-9-15-23/h6-7,12-13H,2-5,8-11,14-18H2,1H3,(H,22,24). The number of anilines is 1. The number of carbonyl (C=O) groups excluding carboxylic acids is 1. The first-order chi connectivity index (χ1) is 12.8. The number of benzene rings is 1. The summed E-state index contributed by atoms with van der Waals surface area (Å²) in [5.41, 5.74) is 0.672. The lowest BCUT2D eigenvalue weighted by Gasteiger charge is -2.15. The zero-order valence-electron chi connectivity index (χ0n) is 16.2. The highest BCUT2D eigenvalue weighted by Crippen LogP contribution is 2.24. The zero-order valence-corrected chi connectivity index (χ0v) is 16.2. The van der Waals surface area contributed by atoms with Crippen LogP contribution in [0.5, 0.6) is 5.75 Å². The number of carbonyl (C=O) groups is 1. The van der Waals surface area contributed by atoms with Crippen molar-refractivity contribution in [3.05, 3.63) is 24.3 Å². The van der Waals surface area contributed by atoms with Gasteiger partial charge in [-0.3, -0.25) is 5.32 Å². The summed E-state index contributed by atoms with van der Waals surface area (Å²) < 4.78 is 11.1. The Morgan fingerprint density at radius 3 is 2.62 bits per heavy atom. The molecule has 0 atom stereocenters. The van der Waals surface area contributed by atoms with Gasteiger partial charge in [0.05, 0.1) is 18.9 Å². The second kappa shape index (κ2) is 12.6. The molecule has 26 heavy (non-hydrogen) atoms.